The van der Waals surface area contributed by atoms with Crippen LogP contribution in [0.4, 0.5) is 0 Å². The third-order valence-electron chi connectivity index (χ3n) is 2.78. The summed E-state index contributed by atoms with van der Waals surface area (Å²) < 4.78 is 5.82. The Balaban J connectivity index is 2.67. The fourth-order valence-corrected chi connectivity index (χ4v) is 1.89. The summed E-state index contributed by atoms with van der Waals surface area (Å²) in [6, 6.07) is 2.10. The van der Waals surface area contributed by atoms with E-state index in [2.05, 4.69) is 42.3 Å². The summed E-state index contributed by atoms with van der Waals surface area (Å²) in [5.74, 6) is 0.778. The van der Waals surface area contributed by atoms with E-state index in [1.807, 2.05) is 14.0 Å². The molecule has 1 rings (SSSR count). The van der Waals surface area contributed by atoms with E-state index in [0.717, 1.165) is 36.6 Å². The first-order valence-electron chi connectivity index (χ1n) is 6.44. The van der Waals surface area contributed by atoms with Crippen LogP contribution in [0.25, 0.3) is 0 Å². The lowest BCUT2D eigenvalue weighted by molar-refractivity contribution is 0.270. The minimum Gasteiger partial charge on any atom is -0.477 e. The molecule has 0 aliphatic heterocycles. The molecule has 0 aromatic carbocycles. The van der Waals surface area contributed by atoms with Crippen LogP contribution in [0, 0.1) is 13.8 Å². The van der Waals surface area contributed by atoms with Gasteiger partial charge in [-0.15, -0.1) is 0 Å². The Hall–Kier alpha value is -1.13. The fraction of sp³-hybridized carbons (Fsp3) is 0.643. The lowest BCUT2D eigenvalue weighted by atomic mass is 10.1. The van der Waals surface area contributed by atoms with Crippen LogP contribution in [-0.2, 0) is 6.54 Å². The molecule has 4 heteroatoms. The van der Waals surface area contributed by atoms with Crippen molar-refractivity contribution in [3.05, 3.63) is 22.9 Å². The molecule has 102 valence electrons. The number of aryl methyl sites for hydroxylation is 2. The van der Waals surface area contributed by atoms with Crippen molar-refractivity contribution in [3.8, 4) is 5.88 Å². The highest BCUT2D eigenvalue weighted by molar-refractivity contribution is 5.35. The Kier molecular flexibility index (Phi) is 6.09. The van der Waals surface area contributed by atoms with Crippen molar-refractivity contribution in [2.24, 2.45) is 0 Å². The molecule has 0 aliphatic carbocycles. The van der Waals surface area contributed by atoms with Crippen LogP contribution in [0.5, 0.6) is 5.88 Å². The molecule has 18 heavy (non-hydrogen) atoms. The molecular weight excluding hydrogens is 226 g/mol. The molecule has 0 aliphatic rings. The lowest BCUT2D eigenvalue weighted by Crippen LogP contribution is -2.17. The number of ether oxygens (including phenoxy) is 1. The van der Waals surface area contributed by atoms with Crippen LogP contribution < -0.4 is 10.1 Å². The van der Waals surface area contributed by atoms with E-state index in [-0.39, 0.29) is 0 Å². The summed E-state index contributed by atoms with van der Waals surface area (Å²) in [5, 5.41) is 3.17. The molecule has 1 heterocycles. The largest absolute Gasteiger partial charge is 0.477 e. The molecule has 0 spiro atoms. The maximum absolute atomic E-state index is 5.82. The second kappa shape index (κ2) is 7.34. The van der Waals surface area contributed by atoms with Gasteiger partial charge in [0.2, 0.25) is 5.88 Å². The number of nitrogens with one attached hydrogen (secondary N) is 1. The Morgan fingerprint density at radius 1 is 1.33 bits per heavy atom. The zero-order chi connectivity index (χ0) is 13.5. The van der Waals surface area contributed by atoms with Gasteiger partial charge in [0, 0.05) is 24.3 Å². The third-order valence-corrected chi connectivity index (χ3v) is 2.78. The average molecular weight is 251 g/mol. The molecule has 0 fully saturated rings. The molecule has 1 N–H and O–H groups in total. The van der Waals surface area contributed by atoms with Gasteiger partial charge in [-0.3, -0.25) is 0 Å². The topological polar surface area (TPSA) is 37.4 Å². The van der Waals surface area contributed by atoms with Gasteiger partial charge in [0.25, 0.3) is 0 Å². The molecule has 0 saturated carbocycles. The van der Waals surface area contributed by atoms with Gasteiger partial charge in [0.15, 0.2) is 0 Å². The van der Waals surface area contributed by atoms with E-state index < -0.39 is 0 Å². The minimum absolute atomic E-state index is 0.713. The standard InChI is InChI=1S/C14H25N3O/c1-11-9-12(2)16-14(13(11)10-15-3)18-8-6-7-17(4)5/h9,15H,6-8,10H2,1-5H3. The molecule has 0 amide bonds. The molecule has 0 bridgehead atoms. The number of rotatable bonds is 7. The van der Waals surface area contributed by atoms with Gasteiger partial charge in [-0.2, -0.15) is 0 Å². The number of hydrogen-bond donors (Lipinski definition) is 1. The first-order chi connectivity index (χ1) is 8.54. The van der Waals surface area contributed by atoms with Crippen LogP contribution in [-0.4, -0.2) is 44.2 Å². The summed E-state index contributed by atoms with van der Waals surface area (Å²) in [6.07, 6.45) is 1.01. The van der Waals surface area contributed by atoms with E-state index in [1.54, 1.807) is 0 Å². The average Bonchev–Trinajstić information content (AvgIpc) is 2.28. The monoisotopic (exact) mass is 251 g/mol. The van der Waals surface area contributed by atoms with E-state index in [4.69, 9.17) is 4.74 Å². The van der Waals surface area contributed by atoms with Gasteiger partial charge in [0.05, 0.1) is 6.61 Å². The zero-order valence-electron chi connectivity index (χ0n) is 12.2. The van der Waals surface area contributed by atoms with Crippen LogP contribution in [0.2, 0.25) is 0 Å². The van der Waals surface area contributed by atoms with E-state index in [0.29, 0.717) is 6.61 Å². The molecule has 0 radical (unpaired) electrons. The lowest BCUT2D eigenvalue weighted by Gasteiger charge is -2.14. The number of nitrogens with zero attached hydrogens (tertiary/aromatic N) is 2. The molecule has 1 aromatic heterocycles. The van der Waals surface area contributed by atoms with E-state index in [9.17, 15) is 0 Å². The summed E-state index contributed by atoms with van der Waals surface area (Å²) in [4.78, 5) is 6.65. The Morgan fingerprint density at radius 3 is 2.67 bits per heavy atom. The van der Waals surface area contributed by atoms with Crippen molar-refractivity contribution in [2.45, 2.75) is 26.8 Å². The van der Waals surface area contributed by atoms with Crippen LogP contribution >= 0.6 is 0 Å². The van der Waals surface area contributed by atoms with Crippen LogP contribution in [0.3, 0.4) is 0 Å². The van der Waals surface area contributed by atoms with Crippen molar-refractivity contribution >= 4 is 0 Å². The van der Waals surface area contributed by atoms with Gasteiger partial charge >= 0.3 is 0 Å². The highest BCUT2D eigenvalue weighted by Gasteiger charge is 2.09. The molecule has 0 unspecified atom stereocenters. The molecule has 0 atom stereocenters. The van der Waals surface area contributed by atoms with Crippen molar-refractivity contribution < 1.29 is 4.74 Å². The van der Waals surface area contributed by atoms with Gasteiger partial charge in [0.1, 0.15) is 0 Å². The maximum Gasteiger partial charge on any atom is 0.218 e. The second-order valence-electron chi connectivity index (χ2n) is 4.90. The Labute approximate surface area is 110 Å². The first-order valence-corrected chi connectivity index (χ1v) is 6.44. The quantitative estimate of drug-likeness (QED) is 0.749. The van der Waals surface area contributed by atoms with Gasteiger partial charge in [-0.05, 0) is 53.0 Å². The predicted octanol–water partition coefficient (Wildman–Crippen LogP) is 1.75. The highest BCUT2D eigenvalue weighted by atomic mass is 16.5. The van der Waals surface area contributed by atoms with E-state index in [1.165, 1.54) is 5.56 Å². The van der Waals surface area contributed by atoms with Gasteiger partial charge < -0.3 is 15.0 Å². The summed E-state index contributed by atoms with van der Waals surface area (Å²) >= 11 is 0. The molecule has 1 aromatic rings. The molecule has 0 saturated heterocycles. The smallest absolute Gasteiger partial charge is 0.218 e. The maximum atomic E-state index is 5.82. The van der Waals surface area contributed by atoms with Crippen LogP contribution in [0.15, 0.2) is 6.07 Å². The van der Waals surface area contributed by atoms with E-state index >= 15 is 0 Å². The Morgan fingerprint density at radius 2 is 2.06 bits per heavy atom. The van der Waals surface area contributed by atoms with Crippen molar-refractivity contribution in [2.75, 3.05) is 34.3 Å². The zero-order valence-corrected chi connectivity index (χ0v) is 12.2. The number of hydrogen-bond acceptors (Lipinski definition) is 4. The van der Waals surface area contributed by atoms with Crippen molar-refractivity contribution in [1.29, 1.82) is 0 Å². The minimum atomic E-state index is 0.713. The fourth-order valence-electron chi connectivity index (χ4n) is 1.89. The number of pyridine rings is 1. The normalized spacial score (nSPS) is 11.0. The molecule has 4 nitrogen and oxygen atoms in total. The van der Waals surface area contributed by atoms with Gasteiger partial charge in [-0.1, -0.05) is 0 Å². The SMILES string of the molecule is CNCc1c(C)cc(C)nc1OCCCN(C)C. The Bertz CT molecular complexity index is 378. The van der Waals surface area contributed by atoms with Crippen molar-refractivity contribution in [3.63, 3.8) is 0 Å². The summed E-state index contributed by atoms with van der Waals surface area (Å²) in [6.45, 7) is 6.65. The predicted molar refractivity (Wildman–Crippen MR) is 75.1 cm³/mol. The van der Waals surface area contributed by atoms with Gasteiger partial charge in [-0.25, -0.2) is 4.98 Å². The third kappa shape index (κ3) is 4.63. The van der Waals surface area contributed by atoms with Crippen molar-refractivity contribution in [1.82, 2.24) is 15.2 Å². The summed E-state index contributed by atoms with van der Waals surface area (Å²) in [5.41, 5.74) is 3.40. The molecular formula is C14H25N3O. The van der Waals surface area contributed by atoms with Crippen LogP contribution in [0.1, 0.15) is 23.2 Å². The highest BCUT2D eigenvalue weighted by Crippen LogP contribution is 2.20. The number of aromatic nitrogens is 1. The first kappa shape index (κ1) is 14.9. The summed E-state index contributed by atoms with van der Waals surface area (Å²) in [7, 11) is 6.08. The second-order valence-corrected chi connectivity index (χ2v) is 4.90.